The molecular formula is C6H14S2Si. The van der Waals surface area contributed by atoms with Crippen molar-refractivity contribution in [2.24, 2.45) is 5.41 Å². The van der Waals surface area contributed by atoms with Crippen LogP contribution in [0.1, 0.15) is 20.8 Å². The molecule has 0 rings (SSSR count). The molecule has 54 valence electrons. The smallest absolute Gasteiger partial charge is 0.0528 e. The van der Waals surface area contributed by atoms with Crippen molar-refractivity contribution in [1.29, 1.82) is 0 Å². The van der Waals surface area contributed by atoms with Gasteiger partial charge in [-0.3, -0.25) is 0 Å². The highest BCUT2D eigenvalue weighted by molar-refractivity contribution is 8.23. The highest BCUT2D eigenvalue weighted by Gasteiger charge is 2.15. The van der Waals surface area contributed by atoms with Crippen LogP contribution in [0.15, 0.2) is 0 Å². The predicted octanol–water partition coefficient (Wildman–Crippen LogP) is 1.42. The van der Waals surface area contributed by atoms with E-state index < -0.39 is 0 Å². The van der Waals surface area contributed by atoms with Crippen molar-refractivity contribution in [3.63, 3.8) is 0 Å². The van der Waals surface area contributed by atoms with E-state index in [4.69, 9.17) is 12.2 Å². The first-order valence-corrected chi connectivity index (χ1v) is 5.96. The second-order valence-corrected chi connectivity index (χ2v) is 6.64. The molecule has 3 heteroatoms. The molecule has 0 bridgehead atoms. The fraction of sp³-hybridized carbons (Fsp3) is 0.833. The molecule has 0 atom stereocenters. The highest BCUT2D eigenvalue weighted by Crippen LogP contribution is 2.23. The summed E-state index contributed by atoms with van der Waals surface area (Å²) >= 11 is 7.01. The fourth-order valence-electron chi connectivity index (χ4n) is 0.348. The third-order valence-corrected chi connectivity index (χ3v) is 3.88. The highest BCUT2D eigenvalue weighted by atomic mass is 32.2. The first-order chi connectivity index (χ1) is 3.98. The summed E-state index contributed by atoms with van der Waals surface area (Å²) in [6.07, 6.45) is 0. The van der Waals surface area contributed by atoms with Crippen molar-refractivity contribution in [1.82, 2.24) is 0 Å². The van der Waals surface area contributed by atoms with Crippen molar-refractivity contribution in [2.45, 2.75) is 20.8 Å². The molecule has 0 heterocycles. The van der Waals surface area contributed by atoms with Gasteiger partial charge in [0, 0.05) is 15.7 Å². The van der Waals surface area contributed by atoms with E-state index in [1.165, 1.54) is 15.6 Å². The summed E-state index contributed by atoms with van der Waals surface area (Å²) < 4.78 is 1.15. The van der Waals surface area contributed by atoms with Crippen LogP contribution in [0.25, 0.3) is 0 Å². The molecule has 0 N–H and O–H groups in total. The maximum atomic E-state index is 5.18. The van der Waals surface area contributed by atoms with Gasteiger partial charge in [-0.1, -0.05) is 33.0 Å². The van der Waals surface area contributed by atoms with Crippen LogP contribution in [-0.4, -0.2) is 19.8 Å². The van der Waals surface area contributed by atoms with Crippen LogP contribution >= 0.6 is 24.0 Å². The van der Waals surface area contributed by atoms with Gasteiger partial charge in [0.05, 0.1) is 4.20 Å². The Kier molecular flexibility index (Phi) is 4.01. The van der Waals surface area contributed by atoms with E-state index in [0.29, 0.717) is 0 Å². The minimum atomic E-state index is 0.227. The van der Waals surface area contributed by atoms with Gasteiger partial charge in [0.25, 0.3) is 0 Å². The molecule has 0 spiro atoms. The number of thioether (sulfide) groups is 1. The largest absolute Gasteiger partial charge is 0.123 e. The van der Waals surface area contributed by atoms with Crippen molar-refractivity contribution < 1.29 is 0 Å². The molecule has 0 radical (unpaired) electrons. The quantitative estimate of drug-likeness (QED) is 0.440. The minimum Gasteiger partial charge on any atom is -0.123 e. The van der Waals surface area contributed by atoms with Crippen LogP contribution in [0.3, 0.4) is 0 Å². The van der Waals surface area contributed by atoms with Crippen molar-refractivity contribution in [3.05, 3.63) is 0 Å². The zero-order valence-corrected chi connectivity index (χ0v) is 10.2. The monoisotopic (exact) mass is 178 g/mol. The third-order valence-electron chi connectivity index (χ3n) is 0.888. The molecule has 0 saturated heterocycles. The Morgan fingerprint density at radius 3 is 2.11 bits per heavy atom. The van der Waals surface area contributed by atoms with Gasteiger partial charge in [-0.15, -0.1) is 11.8 Å². The van der Waals surface area contributed by atoms with Crippen LogP contribution < -0.4 is 0 Å². The van der Waals surface area contributed by atoms with Crippen LogP contribution in [0.5, 0.6) is 0 Å². The second-order valence-electron chi connectivity index (χ2n) is 2.97. The third kappa shape index (κ3) is 4.11. The maximum absolute atomic E-state index is 5.18. The van der Waals surface area contributed by atoms with Crippen molar-refractivity contribution in [2.75, 3.05) is 5.38 Å². The molecule has 0 aromatic rings. The maximum Gasteiger partial charge on any atom is 0.0528 e. The van der Waals surface area contributed by atoms with E-state index in [1.54, 1.807) is 0 Å². The van der Waals surface area contributed by atoms with Crippen LogP contribution in [0.2, 0.25) is 0 Å². The summed E-state index contributed by atoms with van der Waals surface area (Å²) in [6, 6.07) is 0. The Morgan fingerprint density at radius 1 is 1.56 bits per heavy atom. The van der Waals surface area contributed by atoms with Gasteiger partial charge in [-0.05, 0) is 5.38 Å². The Bertz CT molecular complexity index is 104. The van der Waals surface area contributed by atoms with E-state index >= 15 is 0 Å². The van der Waals surface area contributed by atoms with Gasteiger partial charge in [-0.2, -0.15) is 0 Å². The fourth-order valence-corrected chi connectivity index (χ4v) is 2.89. The number of rotatable bonds is 1. The van der Waals surface area contributed by atoms with Gasteiger partial charge < -0.3 is 0 Å². The van der Waals surface area contributed by atoms with Crippen molar-refractivity contribution >= 4 is 38.4 Å². The molecule has 0 aromatic heterocycles. The molecule has 0 unspecified atom stereocenters. The SMILES string of the molecule is CC(C)(C)C(=S)SC[SiH3]. The van der Waals surface area contributed by atoms with E-state index in [2.05, 4.69) is 20.8 Å². The topological polar surface area (TPSA) is 0 Å². The van der Waals surface area contributed by atoms with Crippen LogP contribution in [-0.2, 0) is 0 Å². The zero-order valence-electron chi connectivity index (χ0n) is 6.52. The molecule has 0 aliphatic carbocycles. The lowest BCUT2D eigenvalue weighted by Gasteiger charge is -2.17. The molecule has 0 aliphatic heterocycles. The number of hydrogen-bond donors (Lipinski definition) is 0. The van der Waals surface area contributed by atoms with Gasteiger partial charge in [0.15, 0.2) is 0 Å². The van der Waals surface area contributed by atoms with Gasteiger partial charge >= 0.3 is 0 Å². The Balaban J connectivity index is 3.74. The van der Waals surface area contributed by atoms with E-state index in [9.17, 15) is 0 Å². The zero-order chi connectivity index (χ0) is 7.49. The molecule has 0 amide bonds. The summed E-state index contributed by atoms with van der Waals surface area (Å²) in [5.41, 5.74) is 0.227. The summed E-state index contributed by atoms with van der Waals surface area (Å²) in [7, 11) is 1.25. The van der Waals surface area contributed by atoms with Gasteiger partial charge in [0.2, 0.25) is 0 Å². The summed E-state index contributed by atoms with van der Waals surface area (Å²) in [5, 5.41) is 1.23. The molecule has 0 aromatic carbocycles. The molecule has 0 saturated carbocycles. The predicted molar refractivity (Wildman–Crippen MR) is 54.5 cm³/mol. The second kappa shape index (κ2) is 3.74. The van der Waals surface area contributed by atoms with E-state index in [0.717, 1.165) is 4.20 Å². The Morgan fingerprint density at radius 2 is 2.00 bits per heavy atom. The standard InChI is InChI=1S/C6H14S2Si/c1-6(2,3)5(7)8-4-9/h4H2,1-3,9H3. The summed E-state index contributed by atoms with van der Waals surface area (Å²) in [6.45, 7) is 6.50. The number of thiocarbonyl (C=S) groups is 1. The number of hydrogen-bond acceptors (Lipinski definition) is 2. The Labute approximate surface area is 70.2 Å². The van der Waals surface area contributed by atoms with Crippen LogP contribution in [0.4, 0.5) is 0 Å². The average Bonchev–Trinajstić information content (AvgIpc) is 1.64. The average molecular weight is 178 g/mol. The first-order valence-electron chi connectivity index (χ1n) is 3.15. The van der Waals surface area contributed by atoms with Crippen LogP contribution in [0, 0.1) is 5.41 Å². The first kappa shape index (κ1) is 9.66. The minimum absolute atomic E-state index is 0.227. The molecular weight excluding hydrogens is 164 g/mol. The summed E-state index contributed by atoms with van der Waals surface area (Å²) in [5.74, 6) is 0. The summed E-state index contributed by atoms with van der Waals surface area (Å²) in [4.78, 5) is 0. The molecule has 9 heavy (non-hydrogen) atoms. The van der Waals surface area contributed by atoms with Gasteiger partial charge in [0.1, 0.15) is 0 Å². The van der Waals surface area contributed by atoms with Crippen molar-refractivity contribution in [3.8, 4) is 0 Å². The lowest BCUT2D eigenvalue weighted by molar-refractivity contribution is 0.610. The normalized spacial score (nSPS) is 11.9. The molecule has 0 fully saturated rings. The lowest BCUT2D eigenvalue weighted by atomic mass is 10.0. The molecule has 0 nitrogen and oxygen atoms in total. The Hall–Kier alpha value is 0.657. The van der Waals surface area contributed by atoms with E-state index in [1.807, 2.05) is 11.8 Å². The molecule has 0 aliphatic rings. The lowest BCUT2D eigenvalue weighted by Crippen LogP contribution is -2.14. The van der Waals surface area contributed by atoms with Gasteiger partial charge in [-0.25, -0.2) is 0 Å². The van der Waals surface area contributed by atoms with E-state index in [-0.39, 0.29) is 5.41 Å².